The molecule has 3 heteroatoms. The summed E-state index contributed by atoms with van der Waals surface area (Å²) in [5.41, 5.74) is 2.51. The largest absolute Gasteiger partial charge is 0.319 e. The number of hydrogen-bond acceptors (Lipinski definition) is 1. The summed E-state index contributed by atoms with van der Waals surface area (Å²) in [6, 6.07) is 15.3. The number of halogens is 2. The van der Waals surface area contributed by atoms with Gasteiger partial charge < -0.3 is 5.32 Å². The van der Waals surface area contributed by atoms with Crippen LogP contribution >= 0.6 is 15.9 Å². The average molecular weight is 336 g/mol. The van der Waals surface area contributed by atoms with E-state index in [0.29, 0.717) is 5.92 Å². The molecule has 0 radical (unpaired) electrons. The molecular formula is C17H19BrFN. The molecule has 0 bridgehead atoms. The van der Waals surface area contributed by atoms with Crippen molar-refractivity contribution >= 4 is 15.9 Å². The Bertz CT molecular complexity index is 474. The summed E-state index contributed by atoms with van der Waals surface area (Å²) in [4.78, 5) is 0. The minimum Gasteiger partial charge on any atom is -0.319 e. The molecule has 0 fully saturated rings. The molecule has 0 aliphatic rings. The Hall–Kier alpha value is -1.19. The van der Waals surface area contributed by atoms with Gasteiger partial charge in [-0.15, -0.1) is 0 Å². The van der Waals surface area contributed by atoms with E-state index >= 15 is 0 Å². The van der Waals surface area contributed by atoms with Crippen LogP contribution in [-0.4, -0.2) is 13.6 Å². The molecule has 0 spiro atoms. The Morgan fingerprint density at radius 2 is 1.45 bits per heavy atom. The lowest BCUT2D eigenvalue weighted by molar-refractivity contribution is 0.493. The molecule has 2 aromatic carbocycles. The van der Waals surface area contributed by atoms with Crippen LogP contribution in [0.15, 0.2) is 53.0 Å². The van der Waals surface area contributed by atoms with Crippen molar-refractivity contribution in [2.24, 2.45) is 5.92 Å². The van der Waals surface area contributed by atoms with Crippen LogP contribution in [0, 0.1) is 11.7 Å². The van der Waals surface area contributed by atoms with Crippen LogP contribution in [0.5, 0.6) is 0 Å². The van der Waals surface area contributed by atoms with Gasteiger partial charge in [-0.1, -0.05) is 40.2 Å². The van der Waals surface area contributed by atoms with E-state index in [9.17, 15) is 4.39 Å². The zero-order valence-electron chi connectivity index (χ0n) is 11.6. The summed E-state index contributed by atoms with van der Waals surface area (Å²) in [5, 5.41) is 3.25. The molecule has 20 heavy (non-hydrogen) atoms. The highest BCUT2D eigenvalue weighted by molar-refractivity contribution is 9.10. The van der Waals surface area contributed by atoms with Crippen molar-refractivity contribution in [3.05, 3.63) is 69.9 Å². The molecule has 0 aromatic heterocycles. The molecule has 106 valence electrons. The van der Waals surface area contributed by atoms with Crippen molar-refractivity contribution in [2.45, 2.75) is 12.8 Å². The van der Waals surface area contributed by atoms with Gasteiger partial charge in [0.1, 0.15) is 5.82 Å². The first kappa shape index (κ1) is 15.2. The Morgan fingerprint density at radius 1 is 0.950 bits per heavy atom. The Balaban J connectivity index is 2.02. The van der Waals surface area contributed by atoms with Gasteiger partial charge in [-0.3, -0.25) is 0 Å². The first-order chi connectivity index (χ1) is 9.67. The highest BCUT2D eigenvalue weighted by Gasteiger charge is 2.10. The number of rotatable bonds is 6. The Labute approximate surface area is 128 Å². The molecular weight excluding hydrogens is 317 g/mol. The Kier molecular flexibility index (Phi) is 5.74. The van der Waals surface area contributed by atoms with Gasteiger partial charge in [0, 0.05) is 4.47 Å². The fraction of sp³-hybridized carbons (Fsp3) is 0.294. The third-order valence-corrected chi connectivity index (χ3v) is 3.90. The van der Waals surface area contributed by atoms with Crippen molar-refractivity contribution in [2.75, 3.05) is 13.6 Å². The molecule has 1 nitrogen and oxygen atoms in total. The van der Waals surface area contributed by atoms with Gasteiger partial charge in [-0.25, -0.2) is 4.39 Å². The van der Waals surface area contributed by atoms with Gasteiger partial charge in [0.25, 0.3) is 0 Å². The lowest BCUT2D eigenvalue weighted by Gasteiger charge is -2.17. The minimum absolute atomic E-state index is 0.174. The summed E-state index contributed by atoms with van der Waals surface area (Å²) in [6.45, 7) is 0.952. The topological polar surface area (TPSA) is 12.0 Å². The highest BCUT2D eigenvalue weighted by atomic mass is 79.9. The zero-order valence-corrected chi connectivity index (χ0v) is 13.2. The third kappa shape index (κ3) is 4.73. The second-order valence-electron chi connectivity index (χ2n) is 5.08. The van der Waals surface area contributed by atoms with Crippen LogP contribution < -0.4 is 5.32 Å². The fourth-order valence-corrected chi connectivity index (χ4v) is 2.68. The molecule has 1 N–H and O–H groups in total. The van der Waals surface area contributed by atoms with Crippen molar-refractivity contribution in [1.29, 1.82) is 0 Å². The second kappa shape index (κ2) is 7.55. The number of benzene rings is 2. The minimum atomic E-state index is -0.174. The van der Waals surface area contributed by atoms with Gasteiger partial charge in [-0.2, -0.15) is 0 Å². The van der Waals surface area contributed by atoms with Crippen LogP contribution in [0.1, 0.15) is 11.1 Å². The van der Waals surface area contributed by atoms with Gasteiger partial charge >= 0.3 is 0 Å². The van der Waals surface area contributed by atoms with Crippen molar-refractivity contribution in [1.82, 2.24) is 5.32 Å². The first-order valence-corrected chi connectivity index (χ1v) is 7.60. The van der Waals surface area contributed by atoms with E-state index in [-0.39, 0.29) is 5.82 Å². The van der Waals surface area contributed by atoms with Crippen LogP contribution in [0.25, 0.3) is 0 Å². The van der Waals surface area contributed by atoms with Gasteiger partial charge in [0.2, 0.25) is 0 Å². The predicted molar refractivity (Wildman–Crippen MR) is 85.4 cm³/mol. The highest BCUT2D eigenvalue weighted by Crippen LogP contribution is 2.17. The molecule has 0 aliphatic carbocycles. The van der Waals surface area contributed by atoms with Crippen molar-refractivity contribution in [3.8, 4) is 0 Å². The molecule has 0 amide bonds. The quantitative estimate of drug-likeness (QED) is 0.833. The molecule has 2 rings (SSSR count). The van der Waals surface area contributed by atoms with Crippen molar-refractivity contribution in [3.63, 3.8) is 0 Å². The van der Waals surface area contributed by atoms with Gasteiger partial charge in [-0.05, 0) is 67.7 Å². The van der Waals surface area contributed by atoms with Crippen LogP contribution in [0.3, 0.4) is 0 Å². The summed E-state index contributed by atoms with van der Waals surface area (Å²) in [5.74, 6) is 0.332. The maximum absolute atomic E-state index is 12.9. The summed E-state index contributed by atoms with van der Waals surface area (Å²) in [7, 11) is 1.97. The monoisotopic (exact) mass is 335 g/mol. The standard InChI is InChI=1S/C17H19BrFN/c1-20-12-15(10-13-2-6-16(18)7-3-13)11-14-4-8-17(19)9-5-14/h2-9,15,20H,10-12H2,1H3. The first-order valence-electron chi connectivity index (χ1n) is 6.81. The fourth-order valence-electron chi connectivity index (χ4n) is 2.41. The lowest BCUT2D eigenvalue weighted by Crippen LogP contribution is -2.22. The number of nitrogens with one attached hydrogen (secondary N) is 1. The van der Waals surface area contributed by atoms with E-state index in [4.69, 9.17) is 0 Å². The normalized spacial score (nSPS) is 12.3. The molecule has 0 aliphatic heterocycles. The predicted octanol–water partition coefficient (Wildman–Crippen LogP) is 4.21. The van der Waals surface area contributed by atoms with Crippen LogP contribution in [0.4, 0.5) is 4.39 Å². The Morgan fingerprint density at radius 3 is 1.95 bits per heavy atom. The van der Waals surface area contributed by atoms with Gasteiger partial charge in [0.05, 0.1) is 0 Å². The van der Waals surface area contributed by atoms with Gasteiger partial charge in [0.15, 0.2) is 0 Å². The lowest BCUT2D eigenvalue weighted by atomic mass is 9.92. The van der Waals surface area contributed by atoms with E-state index in [1.807, 2.05) is 19.2 Å². The average Bonchev–Trinajstić information content (AvgIpc) is 2.44. The molecule has 0 saturated heterocycles. The van der Waals surface area contributed by atoms with Crippen LogP contribution in [0.2, 0.25) is 0 Å². The molecule has 0 heterocycles. The van der Waals surface area contributed by atoms with E-state index in [1.165, 1.54) is 23.3 Å². The molecule has 1 unspecified atom stereocenters. The smallest absolute Gasteiger partial charge is 0.123 e. The van der Waals surface area contributed by atoms with E-state index in [0.717, 1.165) is 23.9 Å². The SMILES string of the molecule is CNCC(Cc1ccc(F)cc1)Cc1ccc(Br)cc1. The maximum Gasteiger partial charge on any atom is 0.123 e. The summed E-state index contributed by atoms with van der Waals surface area (Å²) < 4.78 is 14.0. The third-order valence-electron chi connectivity index (χ3n) is 3.37. The summed E-state index contributed by atoms with van der Waals surface area (Å²) in [6.07, 6.45) is 1.97. The van der Waals surface area contributed by atoms with E-state index < -0.39 is 0 Å². The molecule has 2 aromatic rings. The van der Waals surface area contributed by atoms with E-state index in [1.54, 1.807) is 0 Å². The van der Waals surface area contributed by atoms with Crippen LogP contribution in [-0.2, 0) is 12.8 Å². The molecule has 0 saturated carbocycles. The molecule has 1 atom stereocenters. The number of hydrogen-bond donors (Lipinski definition) is 1. The van der Waals surface area contributed by atoms with Crippen molar-refractivity contribution < 1.29 is 4.39 Å². The summed E-state index contributed by atoms with van der Waals surface area (Å²) >= 11 is 3.46. The maximum atomic E-state index is 12.9. The van der Waals surface area contributed by atoms with E-state index in [2.05, 4.69) is 45.5 Å². The zero-order chi connectivity index (χ0) is 14.4. The second-order valence-corrected chi connectivity index (χ2v) is 6.00.